The Bertz CT molecular complexity index is 1050. The monoisotopic (exact) mass is 432 g/mol. The topological polar surface area (TPSA) is 108 Å². The molecule has 0 spiro atoms. The Morgan fingerprint density at radius 3 is 2.79 bits per heavy atom. The molecule has 0 saturated carbocycles. The minimum absolute atomic E-state index is 0.195. The highest BCUT2D eigenvalue weighted by Gasteiger charge is 2.41. The number of benzene rings is 1. The molecule has 4 rings (SSSR count). The maximum Gasteiger partial charge on any atom is 0.323 e. The van der Waals surface area contributed by atoms with Gasteiger partial charge in [0.2, 0.25) is 11.8 Å². The maximum absolute atomic E-state index is 12.7. The summed E-state index contributed by atoms with van der Waals surface area (Å²) >= 11 is 7.29. The largest absolute Gasteiger partial charge is 0.323 e. The molecule has 1 saturated heterocycles. The summed E-state index contributed by atoms with van der Waals surface area (Å²) in [7, 11) is 0. The number of aryl methyl sites for hydroxylation is 1. The minimum Gasteiger partial charge on any atom is -0.321 e. The SMILES string of the molecule is Cc1ccc(NC(=O)Nc2csc3c2CN(C2CCC(=O)NC2=O)C3=O)cc1Cl. The number of fused-ring (bicyclic) bond motifs is 1. The van der Waals surface area contributed by atoms with E-state index in [1.165, 1.54) is 16.2 Å². The van der Waals surface area contributed by atoms with Crippen LogP contribution in [-0.2, 0) is 16.1 Å². The zero-order valence-corrected chi connectivity index (χ0v) is 16.9. The number of nitrogens with one attached hydrogen (secondary N) is 3. The molecular weight excluding hydrogens is 416 g/mol. The van der Waals surface area contributed by atoms with Gasteiger partial charge in [0.1, 0.15) is 6.04 Å². The third-order valence-electron chi connectivity index (χ3n) is 4.94. The van der Waals surface area contributed by atoms with Crippen LogP contribution in [0.5, 0.6) is 0 Å². The number of anilines is 2. The van der Waals surface area contributed by atoms with Crippen molar-refractivity contribution >= 4 is 58.1 Å². The molecule has 2 aromatic rings. The molecule has 1 aromatic carbocycles. The van der Waals surface area contributed by atoms with Gasteiger partial charge in [0, 0.05) is 28.1 Å². The molecule has 10 heteroatoms. The lowest BCUT2D eigenvalue weighted by atomic mass is 10.0. The van der Waals surface area contributed by atoms with Crippen molar-refractivity contribution in [2.75, 3.05) is 10.6 Å². The summed E-state index contributed by atoms with van der Waals surface area (Å²) < 4.78 is 0. The van der Waals surface area contributed by atoms with Crippen molar-refractivity contribution in [3.63, 3.8) is 0 Å². The molecule has 1 unspecified atom stereocenters. The van der Waals surface area contributed by atoms with Crippen LogP contribution >= 0.6 is 22.9 Å². The first kappa shape index (κ1) is 19.4. The van der Waals surface area contributed by atoms with Crippen LogP contribution in [-0.4, -0.2) is 34.7 Å². The fourth-order valence-electron chi connectivity index (χ4n) is 3.38. The molecule has 1 fully saturated rings. The average molecular weight is 433 g/mol. The second-order valence-electron chi connectivity index (χ2n) is 6.90. The Morgan fingerprint density at radius 2 is 2.07 bits per heavy atom. The summed E-state index contributed by atoms with van der Waals surface area (Å²) in [4.78, 5) is 50.5. The summed E-state index contributed by atoms with van der Waals surface area (Å²) in [5, 5.41) is 9.97. The molecule has 0 bridgehead atoms. The number of nitrogens with zero attached hydrogens (tertiary/aromatic N) is 1. The second kappa shape index (κ2) is 7.49. The Hall–Kier alpha value is -2.91. The molecule has 1 atom stereocenters. The van der Waals surface area contributed by atoms with Gasteiger partial charge >= 0.3 is 6.03 Å². The van der Waals surface area contributed by atoms with Crippen LogP contribution in [0.2, 0.25) is 5.02 Å². The molecule has 3 heterocycles. The van der Waals surface area contributed by atoms with E-state index >= 15 is 0 Å². The van der Waals surface area contributed by atoms with Crippen molar-refractivity contribution < 1.29 is 19.2 Å². The number of hydrogen-bond donors (Lipinski definition) is 3. The van der Waals surface area contributed by atoms with E-state index < -0.39 is 18.0 Å². The molecular formula is C19H17ClN4O4S. The van der Waals surface area contributed by atoms with Gasteiger partial charge in [-0.2, -0.15) is 0 Å². The van der Waals surface area contributed by atoms with E-state index in [1.54, 1.807) is 23.6 Å². The van der Waals surface area contributed by atoms with E-state index in [0.29, 0.717) is 33.3 Å². The molecule has 5 amide bonds. The van der Waals surface area contributed by atoms with Gasteiger partial charge < -0.3 is 15.5 Å². The second-order valence-corrected chi connectivity index (χ2v) is 8.19. The zero-order valence-electron chi connectivity index (χ0n) is 15.4. The zero-order chi connectivity index (χ0) is 20.7. The summed E-state index contributed by atoms with van der Waals surface area (Å²) in [5.41, 5.74) is 2.64. The van der Waals surface area contributed by atoms with Crippen molar-refractivity contribution in [3.05, 3.63) is 44.6 Å². The molecule has 2 aliphatic heterocycles. The fourth-order valence-corrected chi connectivity index (χ4v) is 4.54. The van der Waals surface area contributed by atoms with Crippen LogP contribution in [0, 0.1) is 6.92 Å². The Labute approximate surface area is 175 Å². The minimum atomic E-state index is -0.684. The Balaban J connectivity index is 1.46. The van der Waals surface area contributed by atoms with Gasteiger partial charge in [0.25, 0.3) is 5.91 Å². The molecule has 3 N–H and O–H groups in total. The summed E-state index contributed by atoms with van der Waals surface area (Å²) in [6.45, 7) is 2.07. The summed E-state index contributed by atoms with van der Waals surface area (Å²) in [6.07, 6.45) is 0.489. The van der Waals surface area contributed by atoms with Crippen LogP contribution in [0.15, 0.2) is 23.6 Å². The standard InChI is InChI=1S/C19H17ClN4O4S/c1-9-2-3-10(6-12(9)20)21-19(28)22-13-8-29-16-11(13)7-24(18(16)27)14-4-5-15(25)23-17(14)26/h2-3,6,8,14H,4-5,7H2,1H3,(H2,21,22,28)(H,23,25,26). The van der Waals surface area contributed by atoms with Gasteiger partial charge in [-0.15, -0.1) is 11.3 Å². The average Bonchev–Trinajstić information content (AvgIpc) is 3.19. The Kier molecular flexibility index (Phi) is 5.01. The van der Waals surface area contributed by atoms with Gasteiger partial charge in [-0.3, -0.25) is 19.7 Å². The van der Waals surface area contributed by atoms with Crippen molar-refractivity contribution in [2.24, 2.45) is 0 Å². The first-order chi connectivity index (χ1) is 13.8. The van der Waals surface area contributed by atoms with Gasteiger partial charge in [-0.25, -0.2) is 4.79 Å². The molecule has 2 aliphatic rings. The van der Waals surface area contributed by atoms with E-state index in [9.17, 15) is 19.2 Å². The van der Waals surface area contributed by atoms with Crippen LogP contribution in [0.4, 0.5) is 16.2 Å². The smallest absolute Gasteiger partial charge is 0.321 e. The number of hydrogen-bond acceptors (Lipinski definition) is 5. The molecule has 8 nitrogen and oxygen atoms in total. The van der Waals surface area contributed by atoms with Crippen molar-refractivity contribution in [1.82, 2.24) is 10.2 Å². The molecule has 150 valence electrons. The van der Waals surface area contributed by atoms with Crippen LogP contribution in [0.1, 0.15) is 33.6 Å². The number of piperidine rings is 1. The summed E-state index contributed by atoms with van der Waals surface area (Å²) in [5.74, 6) is -1.06. The summed E-state index contributed by atoms with van der Waals surface area (Å²) in [6, 6.07) is 4.06. The number of thiophene rings is 1. The van der Waals surface area contributed by atoms with Crippen LogP contribution in [0.3, 0.4) is 0 Å². The van der Waals surface area contributed by atoms with Gasteiger partial charge in [-0.1, -0.05) is 17.7 Å². The Morgan fingerprint density at radius 1 is 1.28 bits per heavy atom. The molecule has 29 heavy (non-hydrogen) atoms. The predicted molar refractivity (Wildman–Crippen MR) is 109 cm³/mol. The highest BCUT2D eigenvalue weighted by atomic mass is 35.5. The lowest BCUT2D eigenvalue weighted by Crippen LogP contribution is -2.52. The van der Waals surface area contributed by atoms with E-state index in [-0.39, 0.29) is 24.8 Å². The van der Waals surface area contributed by atoms with E-state index in [1.807, 2.05) is 6.92 Å². The van der Waals surface area contributed by atoms with Gasteiger partial charge in [0.15, 0.2) is 0 Å². The number of urea groups is 1. The lowest BCUT2D eigenvalue weighted by molar-refractivity contribution is -0.136. The predicted octanol–water partition coefficient (Wildman–Crippen LogP) is 3.11. The normalized spacial score (nSPS) is 18.5. The first-order valence-corrected chi connectivity index (χ1v) is 10.2. The number of halogens is 1. The van der Waals surface area contributed by atoms with Crippen LogP contribution in [0.25, 0.3) is 0 Å². The van der Waals surface area contributed by atoms with Crippen molar-refractivity contribution in [2.45, 2.75) is 32.4 Å². The quantitative estimate of drug-likeness (QED) is 0.647. The highest BCUT2D eigenvalue weighted by Crippen LogP contribution is 2.37. The highest BCUT2D eigenvalue weighted by molar-refractivity contribution is 7.13. The van der Waals surface area contributed by atoms with Gasteiger partial charge in [0.05, 0.1) is 17.1 Å². The first-order valence-electron chi connectivity index (χ1n) is 8.92. The van der Waals surface area contributed by atoms with Gasteiger partial charge in [-0.05, 0) is 31.0 Å². The van der Waals surface area contributed by atoms with E-state index in [2.05, 4.69) is 16.0 Å². The third kappa shape index (κ3) is 3.70. The molecule has 0 radical (unpaired) electrons. The molecule has 1 aromatic heterocycles. The molecule has 0 aliphatic carbocycles. The van der Waals surface area contributed by atoms with Crippen molar-refractivity contribution in [3.8, 4) is 0 Å². The fraction of sp³-hybridized carbons (Fsp3) is 0.263. The van der Waals surface area contributed by atoms with E-state index in [4.69, 9.17) is 11.6 Å². The number of rotatable bonds is 3. The number of amides is 5. The van der Waals surface area contributed by atoms with E-state index in [0.717, 1.165) is 5.56 Å². The third-order valence-corrected chi connectivity index (χ3v) is 6.36. The maximum atomic E-state index is 12.7. The lowest BCUT2D eigenvalue weighted by Gasteiger charge is -2.29. The van der Waals surface area contributed by atoms with Crippen LogP contribution < -0.4 is 16.0 Å². The van der Waals surface area contributed by atoms with Crippen molar-refractivity contribution in [1.29, 1.82) is 0 Å². The number of carbonyl (C=O) groups is 4. The number of carbonyl (C=O) groups excluding carboxylic acids is 4. The number of imide groups is 1.